The van der Waals surface area contributed by atoms with Gasteiger partial charge < -0.3 is 25.4 Å². The van der Waals surface area contributed by atoms with Crippen LogP contribution in [0.25, 0.3) is 0 Å². The van der Waals surface area contributed by atoms with Crippen molar-refractivity contribution in [3.8, 4) is 5.75 Å². The van der Waals surface area contributed by atoms with E-state index in [2.05, 4.69) is 10.6 Å². The number of hydrogen-bond acceptors (Lipinski definition) is 5. The van der Waals surface area contributed by atoms with Crippen molar-refractivity contribution in [1.29, 1.82) is 0 Å². The summed E-state index contributed by atoms with van der Waals surface area (Å²) >= 11 is 0. The highest BCUT2D eigenvalue weighted by Crippen LogP contribution is 2.55. The monoisotopic (exact) mass is 607 g/mol. The molecule has 0 radical (unpaired) electrons. The first kappa shape index (κ1) is 33.1. The van der Waals surface area contributed by atoms with E-state index in [0.29, 0.717) is 30.9 Å². The third kappa shape index (κ3) is 8.64. The second-order valence-corrected chi connectivity index (χ2v) is 11.5. The van der Waals surface area contributed by atoms with E-state index in [-0.39, 0.29) is 30.7 Å². The molecule has 7 nitrogen and oxygen atoms in total. The van der Waals surface area contributed by atoms with Crippen molar-refractivity contribution in [2.24, 2.45) is 11.8 Å². The molecule has 3 aromatic rings. The number of aliphatic hydroxyl groups excluding tert-OH is 1. The summed E-state index contributed by atoms with van der Waals surface area (Å²) in [6.07, 6.45) is 0.538. The summed E-state index contributed by atoms with van der Waals surface area (Å²) in [6, 6.07) is 19.3. The standard InChI is InChI=1S/C35H43F2N3O4/c1-4-14-40(15-5-2)35(43)33-31(25-11-7-6-8-12-25)32(33)34(42)39-29(19-24-16-26(36)20-27(37)17-24)30(41)22-38-21-23-10-9-13-28(18-23)44-3/h6-13,16-18,20,29-33,38,41H,4-5,14-15,19,21-22H2,1-3H3,(H,39,42)/t29-,30+,31-,32+,33+/m0/s1. The van der Waals surface area contributed by atoms with Gasteiger partial charge in [0, 0.05) is 38.2 Å². The second kappa shape index (κ2) is 15.8. The molecule has 3 aromatic carbocycles. The molecule has 1 aliphatic rings. The Hall–Kier alpha value is -3.82. The smallest absolute Gasteiger partial charge is 0.227 e. The van der Waals surface area contributed by atoms with E-state index in [9.17, 15) is 23.5 Å². The number of hydrogen-bond donors (Lipinski definition) is 3. The lowest BCUT2D eigenvalue weighted by atomic mass is 10.00. The molecule has 5 atom stereocenters. The molecule has 236 valence electrons. The van der Waals surface area contributed by atoms with Gasteiger partial charge in [0.05, 0.1) is 31.1 Å². The molecule has 0 aromatic heterocycles. The maximum absolute atomic E-state index is 14.1. The number of carbonyl (C=O) groups excluding carboxylic acids is 2. The Bertz CT molecular complexity index is 1360. The second-order valence-electron chi connectivity index (χ2n) is 11.5. The Morgan fingerprint density at radius 1 is 0.909 bits per heavy atom. The molecule has 0 heterocycles. The minimum absolute atomic E-state index is 0.00155. The molecule has 0 unspecified atom stereocenters. The number of rotatable bonds is 16. The van der Waals surface area contributed by atoms with Gasteiger partial charge in [-0.25, -0.2) is 8.78 Å². The van der Waals surface area contributed by atoms with Crippen molar-refractivity contribution in [2.75, 3.05) is 26.7 Å². The molecule has 1 saturated carbocycles. The van der Waals surface area contributed by atoms with Gasteiger partial charge in [0.15, 0.2) is 0 Å². The first-order valence-electron chi connectivity index (χ1n) is 15.4. The molecule has 3 N–H and O–H groups in total. The molecule has 4 rings (SSSR count). The van der Waals surface area contributed by atoms with Gasteiger partial charge >= 0.3 is 0 Å². The summed E-state index contributed by atoms with van der Waals surface area (Å²) in [7, 11) is 1.59. The number of amides is 2. The average molecular weight is 608 g/mol. The first-order chi connectivity index (χ1) is 21.2. The summed E-state index contributed by atoms with van der Waals surface area (Å²) in [5.41, 5.74) is 2.15. The van der Waals surface area contributed by atoms with E-state index in [1.54, 1.807) is 7.11 Å². The maximum atomic E-state index is 14.1. The number of aliphatic hydroxyl groups is 1. The molecule has 2 amide bonds. The van der Waals surface area contributed by atoms with Crippen LogP contribution in [0, 0.1) is 23.5 Å². The van der Waals surface area contributed by atoms with Crippen LogP contribution >= 0.6 is 0 Å². The van der Waals surface area contributed by atoms with E-state index >= 15 is 0 Å². The molecule has 0 aliphatic heterocycles. The predicted octanol–water partition coefficient (Wildman–Crippen LogP) is 4.83. The highest BCUT2D eigenvalue weighted by molar-refractivity contribution is 5.95. The Morgan fingerprint density at radius 2 is 1.59 bits per heavy atom. The Labute approximate surface area is 258 Å². The molecule has 0 bridgehead atoms. The minimum Gasteiger partial charge on any atom is -0.497 e. The first-order valence-corrected chi connectivity index (χ1v) is 15.4. The van der Waals surface area contributed by atoms with Crippen molar-refractivity contribution in [3.05, 3.63) is 101 Å². The van der Waals surface area contributed by atoms with Gasteiger partial charge in [-0.1, -0.05) is 56.3 Å². The van der Waals surface area contributed by atoms with Crippen molar-refractivity contribution in [1.82, 2.24) is 15.5 Å². The summed E-state index contributed by atoms with van der Waals surface area (Å²) < 4.78 is 33.4. The predicted molar refractivity (Wildman–Crippen MR) is 166 cm³/mol. The molecular formula is C35H43F2N3O4. The number of benzene rings is 3. The van der Waals surface area contributed by atoms with Gasteiger partial charge in [0.25, 0.3) is 0 Å². The fourth-order valence-electron chi connectivity index (χ4n) is 5.95. The van der Waals surface area contributed by atoms with E-state index in [1.807, 2.05) is 73.3 Å². The molecule has 1 aliphatic carbocycles. The normalized spacial score (nSPS) is 18.7. The number of nitrogens with one attached hydrogen (secondary N) is 2. The van der Waals surface area contributed by atoms with Gasteiger partial charge in [0.1, 0.15) is 17.4 Å². The van der Waals surface area contributed by atoms with Gasteiger partial charge in [-0.15, -0.1) is 0 Å². The van der Waals surface area contributed by atoms with Crippen molar-refractivity contribution in [2.45, 2.75) is 57.7 Å². The molecule has 0 saturated heterocycles. The van der Waals surface area contributed by atoms with Crippen molar-refractivity contribution < 1.29 is 28.2 Å². The SMILES string of the molecule is CCCN(CCC)C(=O)[C@H]1[C@H](C(=O)N[C@@H](Cc2cc(F)cc(F)c2)[C@H](O)CNCc2cccc(OC)c2)[C@@H]1c1ccccc1. The van der Waals surface area contributed by atoms with Crippen LogP contribution in [0.5, 0.6) is 5.75 Å². The fraction of sp³-hybridized carbons (Fsp3) is 0.429. The van der Waals surface area contributed by atoms with E-state index in [4.69, 9.17) is 4.74 Å². The summed E-state index contributed by atoms with van der Waals surface area (Å²) in [6.45, 7) is 5.81. The quantitative estimate of drug-likeness (QED) is 0.217. The lowest BCUT2D eigenvalue weighted by Crippen LogP contribution is -2.49. The number of nitrogens with zero attached hydrogens (tertiary/aromatic N) is 1. The van der Waals surface area contributed by atoms with Crippen LogP contribution in [-0.4, -0.2) is 60.7 Å². The largest absolute Gasteiger partial charge is 0.497 e. The number of methoxy groups -OCH3 is 1. The number of carbonyl (C=O) groups is 2. The minimum atomic E-state index is -1.09. The van der Waals surface area contributed by atoms with E-state index < -0.39 is 35.6 Å². The van der Waals surface area contributed by atoms with Gasteiger partial charge in [-0.2, -0.15) is 0 Å². The topological polar surface area (TPSA) is 90.9 Å². The molecule has 1 fully saturated rings. The maximum Gasteiger partial charge on any atom is 0.227 e. The van der Waals surface area contributed by atoms with Gasteiger partial charge in [-0.05, 0) is 60.2 Å². The van der Waals surface area contributed by atoms with Crippen molar-refractivity contribution >= 4 is 11.8 Å². The van der Waals surface area contributed by atoms with Crippen LogP contribution in [0.3, 0.4) is 0 Å². The van der Waals surface area contributed by atoms with Crippen LogP contribution in [0.4, 0.5) is 8.78 Å². The van der Waals surface area contributed by atoms with Gasteiger partial charge in [0.2, 0.25) is 11.8 Å². The third-order valence-corrected chi connectivity index (χ3v) is 8.08. The third-order valence-electron chi connectivity index (χ3n) is 8.08. The Kier molecular flexibility index (Phi) is 11.9. The summed E-state index contributed by atoms with van der Waals surface area (Å²) in [5, 5.41) is 17.4. The zero-order valence-corrected chi connectivity index (χ0v) is 25.6. The number of halogens is 2. The zero-order valence-electron chi connectivity index (χ0n) is 25.6. The zero-order chi connectivity index (χ0) is 31.6. The lowest BCUT2D eigenvalue weighted by molar-refractivity contribution is -0.135. The average Bonchev–Trinajstić information content (AvgIpc) is 3.76. The lowest BCUT2D eigenvalue weighted by Gasteiger charge is -2.25. The van der Waals surface area contributed by atoms with Crippen molar-refractivity contribution in [3.63, 3.8) is 0 Å². The number of ether oxygens (including phenoxy) is 1. The van der Waals surface area contributed by atoms with E-state index in [0.717, 1.165) is 30.0 Å². The van der Waals surface area contributed by atoms with Crippen LogP contribution in [0.1, 0.15) is 49.3 Å². The molecule has 44 heavy (non-hydrogen) atoms. The van der Waals surface area contributed by atoms with Crippen LogP contribution in [0.2, 0.25) is 0 Å². The molecule has 0 spiro atoms. The van der Waals surface area contributed by atoms with Crippen LogP contribution in [-0.2, 0) is 22.6 Å². The molecule has 9 heteroatoms. The van der Waals surface area contributed by atoms with Gasteiger partial charge in [-0.3, -0.25) is 9.59 Å². The molecular weight excluding hydrogens is 564 g/mol. The van der Waals surface area contributed by atoms with Crippen LogP contribution < -0.4 is 15.4 Å². The van der Waals surface area contributed by atoms with Crippen LogP contribution in [0.15, 0.2) is 72.8 Å². The highest BCUT2D eigenvalue weighted by atomic mass is 19.1. The summed E-state index contributed by atoms with van der Waals surface area (Å²) in [5.74, 6) is -2.61. The van der Waals surface area contributed by atoms with E-state index in [1.165, 1.54) is 12.1 Å². The fourth-order valence-corrected chi connectivity index (χ4v) is 5.95. The summed E-state index contributed by atoms with van der Waals surface area (Å²) in [4.78, 5) is 29.4. The highest BCUT2D eigenvalue weighted by Gasteiger charge is 2.60. The Morgan fingerprint density at radius 3 is 2.23 bits per heavy atom. The Balaban J connectivity index is 1.53.